The van der Waals surface area contributed by atoms with Crippen LogP contribution in [0.5, 0.6) is 0 Å². The maximum absolute atomic E-state index is 9.61. The summed E-state index contributed by atoms with van der Waals surface area (Å²) in [6.45, 7) is 5.94. The van der Waals surface area contributed by atoms with E-state index in [-0.39, 0.29) is 12.2 Å². The molecule has 0 spiro atoms. The normalized spacial score (nSPS) is 14.8. The van der Waals surface area contributed by atoms with E-state index in [0.29, 0.717) is 26.1 Å². The third kappa shape index (κ3) is 12.6. The van der Waals surface area contributed by atoms with Crippen molar-refractivity contribution in [1.82, 2.24) is 10.2 Å². The smallest absolute Gasteiger partial charge is 0.0679 e. The van der Waals surface area contributed by atoms with Gasteiger partial charge < -0.3 is 26.2 Å². The molecule has 0 rings (SSSR count). The summed E-state index contributed by atoms with van der Waals surface area (Å²) in [5, 5.41) is 22.4. The minimum Gasteiger partial charge on any atom is -0.392 e. The average Bonchev–Trinajstić information content (AvgIpc) is 2.34. The summed E-state index contributed by atoms with van der Waals surface area (Å²) >= 11 is 0. The third-order valence-corrected chi connectivity index (χ3v) is 3.17. The molecule has 0 radical (unpaired) electrons. The van der Waals surface area contributed by atoms with Crippen molar-refractivity contribution in [3.8, 4) is 0 Å². The summed E-state index contributed by atoms with van der Waals surface area (Å²) in [6, 6.07) is 0. The summed E-state index contributed by atoms with van der Waals surface area (Å²) in [4.78, 5) is 2.15. The number of aliphatic hydroxyl groups is 2. The van der Waals surface area contributed by atoms with Crippen LogP contribution in [-0.2, 0) is 0 Å². The Labute approximate surface area is 118 Å². The number of hydrogen-bond donors (Lipinski definition) is 4. The van der Waals surface area contributed by atoms with Crippen LogP contribution in [0.4, 0.5) is 0 Å². The maximum atomic E-state index is 9.61. The minimum absolute atomic E-state index is 0.209. The van der Waals surface area contributed by atoms with Crippen molar-refractivity contribution < 1.29 is 10.2 Å². The Kier molecular flexibility index (Phi) is 12.7. The van der Waals surface area contributed by atoms with E-state index < -0.39 is 0 Å². The van der Waals surface area contributed by atoms with Gasteiger partial charge in [-0.25, -0.2) is 0 Å². The summed E-state index contributed by atoms with van der Waals surface area (Å²) < 4.78 is 0. The number of likely N-dealkylation sites (N-methyl/N-ethyl adjacent to an activating group) is 1. The molecule has 0 unspecified atom stereocenters. The first-order valence-electron chi connectivity index (χ1n) is 7.55. The predicted molar refractivity (Wildman–Crippen MR) is 80.2 cm³/mol. The Bertz CT molecular complexity index is 194. The second kappa shape index (κ2) is 12.8. The Balaban J connectivity index is 3.33. The Morgan fingerprint density at radius 1 is 1.16 bits per heavy atom. The fourth-order valence-electron chi connectivity index (χ4n) is 2.07. The van der Waals surface area contributed by atoms with Crippen LogP contribution in [0.3, 0.4) is 0 Å². The van der Waals surface area contributed by atoms with Gasteiger partial charge in [-0.05, 0) is 52.4 Å². The molecule has 0 aliphatic heterocycles. The average molecular weight is 275 g/mol. The van der Waals surface area contributed by atoms with Crippen molar-refractivity contribution >= 4 is 0 Å². The maximum Gasteiger partial charge on any atom is 0.0679 e. The van der Waals surface area contributed by atoms with Gasteiger partial charge in [0.25, 0.3) is 0 Å². The molecular formula is C14H33N3O2. The molecule has 0 aromatic rings. The standard InChI is InChI=1S/C14H33N3O2/c1-3-6-13(18)11-16-9-4-5-10-17(2)12-14(19)7-8-15/h13-14,16,18-19H,3-12,15H2,1-2H3/t13-,14-/m0/s1. The van der Waals surface area contributed by atoms with Gasteiger partial charge in [-0.3, -0.25) is 0 Å². The lowest BCUT2D eigenvalue weighted by Gasteiger charge is -2.20. The number of aliphatic hydroxyl groups excluding tert-OH is 2. The van der Waals surface area contributed by atoms with Gasteiger partial charge in [-0.15, -0.1) is 0 Å². The molecule has 19 heavy (non-hydrogen) atoms. The van der Waals surface area contributed by atoms with Gasteiger partial charge in [-0.1, -0.05) is 13.3 Å². The van der Waals surface area contributed by atoms with E-state index in [2.05, 4.69) is 17.1 Å². The zero-order valence-corrected chi connectivity index (χ0v) is 12.6. The largest absolute Gasteiger partial charge is 0.392 e. The number of unbranched alkanes of at least 4 members (excludes halogenated alkanes) is 1. The molecule has 5 heteroatoms. The van der Waals surface area contributed by atoms with Crippen LogP contribution in [-0.4, -0.2) is 67.1 Å². The lowest BCUT2D eigenvalue weighted by molar-refractivity contribution is 0.119. The van der Waals surface area contributed by atoms with Crippen molar-refractivity contribution in [2.24, 2.45) is 5.73 Å². The second-order valence-electron chi connectivity index (χ2n) is 5.35. The van der Waals surface area contributed by atoms with Gasteiger partial charge in [0.2, 0.25) is 0 Å². The molecule has 0 aliphatic carbocycles. The van der Waals surface area contributed by atoms with Gasteiger partial charge in [0.15, 0.2) is 0 Å². The van der Waals surface area contributed by atoms with Crippen LogP contribution in [0.1, 0.15) is 39.0 Å². The zero-order chi connectivity index (χ0) is 14.5. The molecule has 0 bridgehead atoms. The molecule has 0 aromatic heterocycles. The molecule has 0 aliphatic rings. The van der Waals surface area contributed by atoms with Crippen LogP contribution in [0.25, 0.3) is 0 Å². The van der Waals surface area contributed by atoms with E-state index in [1.165, 1.54) is 0 Å². The Morgan fingerprint density at radius 3 is 2.53 bits per heavy atom. The first-order chi connectivity index (χ1) is 9.10. The summed E-state index contributed by atoms with van der Waals surface area (Å²) in [6.07, 6.45) is 4.24. The molecule has 0 amide bonds. The highest BCUT2D eigenvalue weighted by Gasteiger charge is 2.06. The monoisotopic (exact) mass is 275 g/mol. The van der Waals surface area contributed by atoms with Crippen LogP contribution in [0, 0.1) is 0 Å². The third-order valence-electron chi connectivity index (χ3n) is 3.17. The summed E-state index contributed by atoms with van der Waals surface area (Å²) in [5.74, 6) is 0. The van der Waals surface area contributed by atoms with Crippen molar-refractivity contribution in [3.05, 3.63) is 0 Å². The molecule has 116 valence electrons. The van der Waals surface area contributed by atoms with Gasteiger partial charge >= 0.3 is 0 Å². The molecule has 0 saturated heterocycles. The van der Waals surface area contributed by atoms with Crippen LogP contribution >= 0.6 is 0 Å². The zero-order valence-electron chi connectivity index (χ0n) is 12.6. The fraction of sp³-hybridized carbons (Fsp3) is 1.00. The number of nitrogens with one attached hydrogen (secondary N) is 1. The van der Waals surface area contributed by atoms with Crippen molar-refractivity contribution in [2.45, 2.75) is 51.2 Å². The van der Waals surface area contributed by atoms with Crippen LogP contribution in [0.2, 0.25) is 0 Å². The van der Waals surface area contributed by atoms with E-state index >= 15 is 0 Å². The highest BCUT2D eigenvalue weighted by molar-refractivity contribution is 4.63. The first kappa shape index (κ1) is 18.8. The highest BCUT2D eigenvalue weighted by Crippen LogP contribution is 1.97. The lowest BCUT2D eigenvalue weighted by atomic mass is 10.2. The van der Waals surface area contributed by atoms with E-state index in [9.17, 15) is 10.2 Å². The molecule has 0 aromatic carbocycles. The number of nitrogens with two attached hydrogens (primary N) is 1. The quantitative estimate of drug-likeness (QED) is 0.360. The molecule has 0 fully saturated rings. The summed E-state index contributed by atoms with van der Waals surface area (Å²) in [7, 11) is 2.03. The number of hydrogen-bond acceptors (Lipinski definition) is 5. The van der Waals surface area contributed by atoms with Gasteiger partial charge in [0, 0.05) is 13.1 Å². The molecule has 0 heterocycles. The van der Waals surface area contributed by atoms with E-state index in [0.717, 1.165) is 38.8 Å². The van der Waals surface area contributed by atoms with E-state index in [1.54, 1.807) is 0 Å². The number of nitrogens with zero attached hydrogens (tertiary/aromatic N) is 1. The van der Waals surface area contributed by atoms with Crippen molar-refractivity contribution in [3.63, 3.8) is 0 Å². The van der Waals surface area contributed by atoms with Crippen molar-refractivity contribution in [1.29, 1.82) is 0 Å². The Morgan fingerprint density at radius 2 is 1.89 bits per heavy atom. The van der Waals surface area contributed by atoms with Gasteiger partial charge in [-0.2, -0.15) is 0 Å². The minimum atomic E-state index is -0.308. The SMILES string of the molecule is CCC[C@H](O)CNCCCCN(C)C[C@@H](O)CCN. The van der Waals surface area contributed by atoms with E-state index in [4.69, 9.17) is 5.73 Å². The highest BCUT2D eigenvalue weighted by atomic mass is 16.3. The molecule has 2 atom stereocenters. The Hall–Kier alpha value is -0.200. The van der Waals surface area contributed by atoms with Crippen molar-refractivity contribution in [2.75, 3.05) is 39.8 Å². The fourth-order valence-corrected chi connectivity index (χ4v) is 2.07. The molecule has 5 nitrogen and oxygen atoms in total. The van der Waals surface area contributed by atoms with E-state index in [1.807, 2.05) is 7.05 Å². The molecular weight excluding hydrogens is 242 g/mol. The first-order valence-corrected chi connectivity index (χ1v) is 7.55. The topological polar surface area (TPSA) is 81.8 Å². The van der Waals surface area contributed by atoms with Gasteiger partial charge in [0.05, 0.1) is 12.2 Å². The second-order valence-corrected chi connectivity index (χ2v) is 5.35. The molecule has 5 N–H and O–H groups in total. The van der Waals surface area contributed by atoms with Crippen LogP contribution in [0.15, 0.2) is 0 Å². The number of rotatable bonds is 13. The summed E-state index contributed by atoms with van der Waals surface area (Å²) in [5.41, 5.74) is 5.40. The van der Waals surface area contributed by atoms with Crippen LogP contribution < -0.4 is 11.1 Å². The lowest BCUT2D eigenvalue weighted by Crippen LogP contribution is -2.32. The predicted octanol–water partition coefficient (Wildman–Crippen LogP) is 0.159. The van der Waals surface area contributed by atoms with Gasteiger partial charge in [0.1, 0.15) is 0 Å². The molecule has 0 saturated carbocycles.